The van der Waals surface area contributed by atoms with Gasteiger partial charge in [-0.05, 0) is 58.5 Å². The van der Waals surface area contributed by atoms with Crippen LogP contribution in [-0.2, 0) is 4.79 Å². The van der Waals surface area contributed by atoms with E-state index in [1.807, 2.05) is 45.9 Å². The normalized spacial score (nSPS) is 11.2. The maximum atomic E-state index is 12.0. The van der Waals surface area contributed by atoms with Crippen LogP contribution >= 0.6 is 0 Å². The van der Waals surface area contributed by atoms with E-state index in [0.29, 0.717) is 6.61 Å². The molecule has 1 rings (SSSR count). The highest BCUT2D eigenvalue weighted by molar-refractivity contribution is 5.97. The number of hydrogen-bond donors (Lipinski definition) is 2. The van der Waals surface area contributed by atoms with Gasteiger partial charge in [0, 0.05) is 5.69 Å². The van der Waals surface area contributed by atoms with Crippen molar-refractivity contribution in [2.75, 3.05) is 19.0 Å². The SMILES string of the molecule is CCOc1ccc(NC(=O)C(C)(C)NC)cc1C. The van der Waals surface area contributed by atoms with Crippen LogP contribution in [0.2, 0.25) is 0 Å². The number of likely N-dealkylation sites (N-methyl/N-ethyl adjacent to an activating group) is 1. The molecule has 0 bridgehead atoms. The quantitative estimate of drug-likeness (QED) is 0.843. The van der Waals surface area contributed by atoms with Crippen LogP contribution in [0.15, 0.2) is 18.2 Å². The molecule has 4 nitrogen and oxygen atoms in total. The highest BCUT2D eigenvalue weighted by atomic mass is 16.5. The number of hydrogen-bond acceptors (Lipinski definition) is 3. The van der Waals surface area contributed by atoms with E-state index >= 15 is 0 Å². The minimum Gasteiger partial charge on any atom is -0.494 e. The van der Waals surface area contributed by atoms with E-state index in [-0.39, 0.29) is 5.91 Å². The number of nitrogens with one attached hydrogen (secondary N) is 2. The molecule has 100 valence electrons. The largest absolute Gasteiger partial charge is 0.494 e. The first-order valence-electron chi connectivity index (χ1n) is 6.14. The van der Waals surface area contributed by atoms with Crippen molar-refractivity contribution in [3.05, 3.63) is 23.8 Å². The Hall–Kier alpha value is -1.55. The lowest BCUT2D eigenvalue weighted by Gasteiger charge is -2.23. The number of anilines is 1. The fourth-order valence-corrected chi connectivity index (χ4v) is 1.45. The molecule has 0 heterocycles. The fourth-order valence-electron chi connectivity index (χ4n) is 1.45. The Bertz CT molecular complexity index is 428. The topological polar surface area (TPSA) is 50.4 Å². The van der Waals surface area contributed by atoms with Gasteiger partial charge in [-0.3, -0.25) is 4.79 Å². The zero-order valence-electron chi connectivity index (χ0n) is 11.8. The second kappa shape index (κ2) is 5.87. The Morgan fingerprint density at radius 1 is 1.39 bits per heavy atom. The average molecular weight is 250 g/mol. The molecule has 1 aromatic rings. The van der Waals surface area contributed by atoms with Crippen molar-refractivity contribution in [2.24, 2.45) is 0 Å². The molecule has 0 saturated heterocycles. The van der Waals surface area contributed by atoms with Crippen molar-refractivity contribution in [3.63, 3.8) is 0 Å². The molecule has 0 fully saturated rings. The summed E-state index contributed by atoms with van der Waals surface area (Å²) in [5.41, 5.74) is 1.20. The van der Waals surface area contributed by atoms with E-state index in [2.05, 4.69) is 10.6 Å². The average Bonchev–Trinajstić information content (AvgIpc) is 2.32. The van der Waals surface area contributed by atoms with Crippen LogP contribution in [0.3, 0.4) is 0 Å². The number of rotatable bonds is 5. The van der Waals surface area contributed by atoms with Crippen molar-refractivity contribution >= 4 is 11.6 Å². The summed E-state index contributed by atoms with van der Waals surface area (Å²) in [5.74, 6) is 0.789. The van der Waals surface area contributed by atoms with Crippen LogP contribution in [0, 0.1) is 6.92 Å². The summed E-state index contributed by atoms with van der Waals surface area (Å²) in [7, 11) is 1.77. The van der Waals surface area contributed by atoms with Crippen molar-refractivity contribution in [3.8, 4) is 5.75 Å². The lowest BCUT2D eigenvalue weighted by Crippen LogP contribution is -2.47. The van der Waals surface area contributed by atoms with Crippen LogP contribution in [-0.4, -0.2) is 25.1 Å². The van der Waals surface area contributed by atoms with Gasteiger partial charge in [0.25, 0.3) is 0 Å². The Kier molecular flexibility index (Phi) is 4.73. The molecule has 0 unspecified atom stereocenters. The van der Waals surface area contributed by atoms with Gasteiger partial charge >= 0.3 is 0 Å². The van der Waals surface area contributed by atoms with Crippen LogP contribution in [0.5, 0.6) is 5.75 Å². The van der Waals surface area contributed by atoms with Gasteiger partial charge in [0.05, 0.1) is 12.1 Å². The molecular formula is C14H22N2O2. The maximum Gasteiger partial charge on any atom is 0.244 e. The van der Waals surface area contributed by atoms with Gasteiger partial charge in [-0.2, -0.15) is 0 Å². The van der Waals surface area contributed by atoms with Crippen molar-refractivity contribution in [1.82, 2.24) is 5.32 Å². The molecule has 2 N–H and O–H groups in total. The fraction of sp³-hybridized carbons (Fsp3) is 0.500. The van der Waals surface area contributed by atoms with Gasteiger partial charge in [0.2, 0.25) is 5.91 Å². The van der Waals surface area contributed by atoms with E-state index in [1.54, 1.807) is 7.05 Å². The molecule has 0 saturated carbocycles. The first kappa shape index (κ1) is 14.5. The van der Waals surface area contributed by atoms with Crippen LogP contribution < -0.4 is 15.4 Å². The van der Waals surface area contributed by atoms with E-state index in [4.69, 9.17) is 4.74 Å². The minimum absolute atomic E-state index is 0.0615. The maximum absolute atomic E-state index is 12.0. The number of carbonyl (C=O) groups is 1. The van der Waals surface area contributed by atoms with Crippen LogP contribution in [0.25, 0.3) is 0 Å². The zero-order valence-corrected chi connectivity index (χ0v) is 11.8. The van der Waals surface area contributed by atoms with Gasteiger partial charge in [-0.25, -0.2) is 0 Å². The Balaban J connectivity index is 2.81. The number of benzene rings is 1. The predicted octanol–water partition coefficient (Wildman–Crippen LogP) is 2.33. The lowest BCUT2D eigenvalue weighted by atomic mass is 10.0. The molecule has 0 aliphatic carbocycles. The van der Waals surface area contributed by atoms with E-state index in [1.165, 1.54) is 0 Å². The molecule has 0 aliphatic rings. The van der Waals surface area contributed by atoms with Crippen molar-refractivity contribution in [2.45, 2.75) is 33.2 Å². The standard InChI is InChI=1S/C14H22N2O2/c1-6-18-12-8-7-11(9-10(12)2)16-13(17)14(3,4)15-5/h7-9,15H,6H2,1-5H3,(H,16,17). The highest BCUT2D eigenvalue weighted by Crippen LogP contribution is 2.22. The monoisotopic (exact) mass is 250 g/mol. The second-order valence-corrected chi connectivity index (χ2v) is 4.74. The third-order valence-electron chi connectivity index (χ3n) is 2.93. The molecular weight excluding hydrogens is 228 g/mol. The van der Waals surface area contributed by atoms with Gasteiger partial charge in [0.1, 0.15) is 5.75 Å². The molecule has 1 aromatic carbocycles. The Labute approximate surface area is 109 Å². The summed E-state index contributed by atoms with van der Waals surface area (Å²) in [6.45, 7) is 8.22. The molecule has 18 heavy (non-hydrogen) atoms. The van der Waals surface area contributed by atoms with Crippen molar-refractivity contribution < 1.29 is 9.53 Å². The lowest BCUT2D eigenvalue weighted by molar-refractivity contribution is -0.121. The molecule has 1 amide bonds. The van der Waals surface area contributed by atoms with Crippen LogP contribution in [0.1, 0.15) is 26.3 Å². The van der Waals surface area contributed by atoms with Crippen LogP contribution in [0.4, 0.5) is 5.69 Å². The number of carbonyl (C=O) groups excluding carboxylic acids is 1. The number of ether oxygens (including phenoxy) is 1. The van der Waals surface area contributed by atoms with Gasteiger partial charge in [-0.15, -0.1) is 0 Å². The molecule has 0 radical (unpaired) electrons. The molecule has 0 aliphatic heterocycles. The van der Waals surface area contributed by atoms with Gasteiger partial charge in [0.15, 0.2) is 0 Å². The predicted molar refractivity (Wildman–Crippen MR) is 74.1 cm³/mol. The summed E-state index contributed by atoms with van der Waals surface area (Å²) in [4.78, 5) is 12.0. The second-order valence-electron chi connectivity index (χ2n) is 4.74. The number of amides is 1. The van der Waals surface area contributed by atoms with E-state index in [0.717, 1.165) is 17.0 Å². The third kappa shape index (κ3) is 3.47. The summed E-state index contributed by atoms with van der Waals surface area (Å²) in [6.07, 6.45) is 0. The first-order chi connectivity index (χ1) is 8.40. The number of aryl methyl sites for hydroxylation is 1. The molecule has 0 atom stereocenters. The summed E-state index contributed by atoms with van der Waals surface area (Å²) in [5, 5.41) is 5.86. The smallest absolute Gasteiger partial charge is 0.244 e. The minimum atomic E-state index is -0.591. The third-order valence-corrected chi connectivity index (χ3v) is 2.93. The summed E-state index contributed by atoms with van der Waals surface area (Å²) < 4.78 is 5.46. The first-order valence-corrected chi connectivity index (χ1v) is 6.14. The molecule has 0 aromatic heterocycles. The van der Waals surface area contributed by atoms with Crippen molar-refractivity contribution in [1.29, 1.82) is 0 Å². The Morgan fingerprint density at radius 3 is 2.56 bits per heavy atom. The zero-order chi connectivity index (χ0) is 13.8. The Morgan fingerprint density at radius 2 is 2.06 bits per heavy atom. The highest BCUT2D eigenvalue weighted by Gasteiger charge is 2.25. The molecule has 4 heteroatoms. The van der Waals surface area contributed by atoms with E-state index < -0.39 is 5.54 Å². The van der Waals surface area contributed by atoms with Gasteiger partial charge in [-0.1, -0.05) is 0 Å². The summed E-state index contributed by atoms with van der Waals surface area (Å²) in [6, 6.07) is 5.64. The molecule has 0 spiro atoms. The summed E-state index contributed by atoms with van der Waals surface area (Å²) >= 11 is 0. The van der Waals surface area contributed by atoms with Gasteiger partial charge < -0.3 is 15.4 Å². The van der Waals surface area contributed by atoms with E-state index in [9.17, 15) is 4.79 Å².